The molecule has 106 valence electrons. The van der Waals surface area contributed by atoms with Crippen molar-refractivity contribution in [1.29, 1.82) is 0 Å². The molecule has 1 heterocycles. The van der Waals surface area contributed by atoms with Crippen LogP contribution in [0.1, 0.15) is 34.1 Å². The summed E-state index contributed by atoms with van der Waals surface area (Å²) in [4.78, 5) is 16.7. The van der Waals surface area contributed by atoms with Gasteiger partial charge < -0.3 is 15.1 Å². The lowest BCUT2D eigenvalue weighted by Crippen LogP contribution is -2.47. The molecule has 0 atom stereocenters. The van der Waals surface area contributed by atoms with E-state index in [4.69, 9.17) is 0 Å². The van der Waals surface area contributed by atoms with Gasteiger partial charge in [0.05, 0.1) is 5.41 Å². The van der Waals surface area contributed by atoms with Crippen LogP contribution >= 0.6 is 0 Å². The molecule has 18 heavy (non-hydrogen) atoms. The van der Waals surface area contributed by atoms with Gasteiger partial charge in [0.2, 0.25) is 5.91 Å². The van der Waals surface area contributed by atoms with Crippen LogP contribution in [0.15, 0.2) is 0 Å². The molecule has 1 fully saturated rings. The molecule has 0 aromatic heterocycles. The van der Waals surface area contributed by atoms with Crippen LogP contribution < -0.4 is 5.32 Å². The van der Waals surface area contributed by atoms with Crippen LogP contribution in [0.5, 0.6) is 0 Å². The number of hydrogen-bond donors (Lipinski definition) is 1. The summed E-state index contributed by atoms with van der Waals surface area (Å²) in [6.45, 7) is 11.8. The van der Waals surface area contributed by atoms with E-state index in [9.17, 15) is 4.79 Å². The third kappa shape index (κ3) is 4.25. The highest BCUT2D eigenvalue weighted by Crippen LogP contribution is 2.24. The lowest BCUT2D eigenvalue weighted by molar-refractivity contribution is -0.139. The minimum absolute atomic E-state index is 0.00153. The molecule has 4 heteroatoms. The van der Waals surface area contributed by atoms with Gasteiger partial charge in [0, 0.05) is 25.2 Å². The molecule has 1 amide bonds. The summed E-state index contributed by atoms with van der Waals surface area (Å²) in [7, 11) is 4.14. The first-order valence-electron chi connectivity index (χ1n) is 6.83. The van der Waals surface area contributed by atoms with Crippen LogP contribution in [-0.4, -0.2) is 61.5 Å². The Morgan fingerprint density at radius 1 is 1.28 bits per heavy atom. The Labute approximate surface area is 112 Å². The lowest BCUT2D eigenvalue weighted by Gasteiger charge is -2.31. The monoisotopic (exact) mass is 255 g/mol. The van der Waals surface area contributed by atoms with E-state index in [2.05, 4.69) is 38.2 Å². The fourth-order valence-corrected chi connectivity index (χ4v) is 2.33. The van der Waals surface area contributed by atoms with E-state index in [1.807, 2.05) is 18.7 Å². The summed E-state index contributed by atoms with van der Waals surface area (Å²) in [6, 6.07) is 0. The van der Waals surface area contributed by atoms with Crippen molar-refractivity contribution < 1.29 is 4.79 Å². The van der Waals surface area contributed by atoms with Crippen molar-refractivity contribution in [1.82, 2.24) is 15.1 Å². The SMILES string of the molecule is CN(C)CCCN1CC(C)(C)NCC(C)(C)C1=O. The smallest absolute Gasteiger partial charge is 0.229 e. The zero-order valence-corrected chi connectivity index (χ0v) is 12.8. The molecule has 0 saturated carbocycles. The number of rotatable bonds is 4. The number of amides is 1. The molecule has 0 bridgehead atoms. The molecule has 0 unspecified atom stereocenters. The van der Waals surface area contributed by atoms with E-state index in [0.717, 1.165) is 32.6 Å². The van der Waals surface area contributed by atoms with Gasteiger partial charge >= 0.3 is 0 Å². The Bertz CT molecular complexity index is 297. The van der Waals surface area contributed by atoms with Gasteiger partial charge in [-0.3, -0.25) is 4.79 Å². The highest BCUT2D eigenvalue weighted by Gasteiger charge is 2.38. The first kappa shape index (κ1) is 15.4. The third-order valence-electron chi connectivity index (χ3n) is 3.49. The van der Waals surface area contributed by atoms with E-state index in [1.54, 1.807) is 0 Å². The fourth-order valence-electron chi connectivity index (χ4n) is 2.33. The van der Waals surface area contributed by atoms with Gasteiger partial charge in [0.1, 0.15) is 0 Å². The van der Waals surface area contributed by atoms with Crippen LogP contribution in [0.25, 0.3) is 0 Å². The molecular formula is C14H29N3O. The Hall–Kier alpha value is -0.610. The van der Waals surface area contributed by atoms with Gasteiger partial charge in [-0.2, -0.15) is 0 Å². The highest BCUT2D eigenvalue weighted by atomic mass is 16.2. The van der Waals surface area contributed by atoms with Crippen LogP contribution in [0.3, 0.4) is 0 Å². The van der Waals surface area contributed by atoms with Crippen molar-refractivity contribution in [2.24, 2.45) is 5.41 Å². The quantitative estimate of drug-likeness (QED) is 0.819. The molecule has 0 aromatic rings. The molecule has 1 saturated heterocycles. The second-order valence-corrected chi connectivity index (χ2v) is 7.00. The topological polar surface area (TPSA) is 35.6 Å². The van der Waals surface area contributed by atoms with Crippen molar-refractivity contribution >= 4 is 5.91 Å². The maximum atomic E-state index is 12.5. The molecule has 4 nitrogen and oxygen atoms in total. The van der Waals surface area contributed by atoms with Crippen LogP contribution in [0, 0.1) is 5.41 Å². The van der Waals surface area contributed by atoms with Crippen molar-refractivity contribution in [2.45, 2.75) is 39.7 Å². The van der Waals surface area contributed by atoms with E-state index in [-0.39, 0.29) is 16.9 Å². The van der Waals surface area contributed by atoms with Crippen molar-refractivity contribution in [3.8, 4) is 0 Å². The number of nitrogens with zero attached hydrogens (tertiary/aromatic N) is 2. The molecule has 1 aliphatic heterocycles. The van der Waals surface area contributed by atoms with E-state index in [1.165, 1.54) is 0 Å². The van der Waals surface area contributed by atoms with Gasteiger partial charge in [0.15, 0.2) is 0 Å². The van der Waals surface area contributed by atoms with Crippen molar-refractivity contribution in [2.75, 3.05) is 40.3 Å². The number of carbonyl (C=O) groups excluding carboxylic acids is 1. The summed E-state index contributed by atoms with van der Waals surface area (Å²) < 4.78 is 0. The largest absolute Gasteiger partial charge is 0.340 e. The average molecular weight is 255 g/mol. The molecule has 1 N–H and O–H groups in total. The zero-order valence-electron chi connectivity index (χ0n) is 12.8. The Kier molecular flexibility index (Phi) is 4.78. The Morgan fingerprint density at radius 2 is 1.89 bits per heavy atom. The second-order valence-electron chi connectivity index (χ2n) is 7.00. The molecule has 0 radical (unpaired) electrons. The predicted octanol–water partition coefficient (Wildman–Crippen LogP) is 1.17. The van der Waals surface area contributed by atoms with Gasteiger partial charge in [-0.05, 0) is 54.8 Å². The fraction of sp³-hybridized carbons (Fsp3) is 0.929. The zero-order chi connectivity index (χ0) is 14.0. The minimum Gasteiger partial charge on any atom is -0.340 e. The first-order valence-corrected chi connectivity index (χ1v) is 6.83. The molecule has 0 spiro atoms. The van der Waals surface area contributed by atoms with Crippen LogP contribution in [-0.2, 0) is 4.79 Å². The molecular weight excluding hydrogens is 226 g/mol. The first-order chi connectivity index (χ1) is 8.14. The summed E-state index contributed by atoms with van der Waals surface area (Å²) in [5, 5.41) is 3.50. The standard InChI is InChI=1S/C14H29N3O/c1-13(2)10-15-14(3,4)11-17(12(13)18)9-7-8-16(5)6/h15H,7-11H2,1-6H3. The van der Waals surface area contributed by atoms with Gasteiger partial charge in [-0.25, -0.2) is 0 Å². The van der Waals surface area contributed by atoms with Gasteiger partial charge in [-0.15, -0.1) is 0 Å². The maximum absolute atomic E-state index is 12.5. The van der Waals surface area contributed by atoms with E-state index >= 15 is 0 Å². The van der Waals surface area contributed by atoms with Crippen molar-refractivity contribution in [3.05, 3.63) is 0 Å². The highest BCUT2D eigenvalue weighted by molar-refractivity contribution is 5.82. The summed E-state index contributed by atoms with van der Waals surface area (Å²) in [5.41, 5.74) is -0.298. The third-order valence-corrected chi connectivity index (χ3v) is 3.49. The minimum atomic E-state index is -0.300. The average Bonchev–Trinajstić information content (AvgIpc) is 2.30. The molecule has 1 rings (SSSR count). The summed E-state index contributed by atoms with van der Waals surface area (Å²) in [5.74, 6) is 0.277. The lowest BCUT2D eigenvalue weighted by atomic mass is 9.92. The second kappa shape index (κ2) is 5.57. The summed E-state index contributed by atoms with van der Waals surface area (Å²) in [6.07, 6.45) is 1.03. The molecule has 0 aromatic carbocycles. The van der Waals surface area contributed by atoms with Gasteiger partial charge in [-0.1, -0.05) is 0 Å². The van der Waals surface area contributed by atoms with Crippen LogP contribution in [0.4, 0.5) is 0 Å². The van der Waals surface area contributed by atoms with Crippen molar-refractivity contribution in [3.63, 3.8) is 0 Å². The van der Waals surface area contributed by atoms with E-state index in [0.29, 0.717) is 0 Å². The summed E-state index contributed by atoms with van der Waals surface area (Å²) >= 11 is 0. The molecule has 0 aliphatic carbocycles. The van der Waals surface area contributed by atoms with Crippen LogP contribution in [0.2, 0.25) is 0 Å². The number of hydrogen-bond acceptors (Lipinski definition) is 3. The Balaban J connectivity index is 2.69. The van der Waals surface area contributed by atoms with Gasteiger partial charge in [0.25, 0.3) is 0 Å². The Morgan fingerprint density at radius 3 is 2.44 bits per heavy atom. The predicted molar refractivity (Wildman–Crippen MR) is 75.6 cm³/mol. The normalized spacial score (nSPS) is 23.3. The molecule has 1 aliphatic rings. The van der Waals surface area contributed by atoms with E-state index < -0.39 is 0 Å². The maximum Gasteiger partial charge on any atom is 0.229 e. The number of carbonyl (C=O) groups is 1. The number of nitrogens with one attached hydrogen (secondary N) is 1.